The van der Waals surface area contributed by atoms with Crippen molar-refractivity contribution in [2.75, 3.05) is 59.8 Å². The van der Waals surface area contributed by atoms with Crippen molar-refractivity contribution < 1.29 is 8.42 Å². The summed E-state index contributed by atoms with van der Waals surface area (Å²) in [6, 6.07) is 0. The summed E-state index contributed by atoms with van der Waals surface area (Å²) >= 11 is 0. The summed E-state index contributed by atoms with van der Waals surface area (Å²) in [6.45, 7) is 6.54. The molecule has 0 radical (unpaired) electrons. The quantitative estimate of drug-likeness (QED) is 0.812. The van der Waals surface area contributed by atoms with Crippen LogP contribution in [0.15, 0.2) is 0 Å². The third-order valence-corrected chi connectivity index (χ3v) is 5.12. The number of rotatable bonds is 5. The van der Waals surface area contributed by atoms with Crippen LogP contribution >= 0.6 is 0 Å². The molecule has 1 aromatic heterocycles. The zero-order valence-electron chi connectivity index (χ0n) is 12.7. The van der Waals surface area contributed by atoms with Gasteiger partial charge in [0.05, 0.1) is 11.5 Å². The molecule has 118 valence electrons. The number of hydrogen-bond acceptors (Lipinski definition) is 8. The molecule has 0 spiro atoms. The minimum absolute atomic E-state index is 0.147. The van der Waals surface area contributed by atoms with Crippen molar-refractivity contribution >= 4 is 27.7 Å². The molecule has 21 heavy (non-hydrogen) atoms. The first-order valence-electron chi connectivity index (χ1n) is 7.13. The summed E-state index contributed by atoms with van der Waals surface area (Å²) in [5, 5.41) is 2.93. The maximum absolute atomic E-state index is 11.5. The third kappa shape index (κ3) is 3.72. The second-order valence-electron chi connectivity index (χ2n) is 4.82. The molecular weight excluding hydrogens is 292 g/mol. The minimum atomic E-state index is -2.91. The molecule has 1 aliphatic heterocycles. The van der Waals surface area contributed by atoms with Crippen molar-refractivity contribution in [3.8, 4) is 0 Å². The fraction of sp³-hybridized carbons (Fsp3) is 0.750. The van der Waals surface area contributed by atoms with Gasteiger partial charge in [0.1, 0.15) is 0 Å². The molecule has 1 N–H and O–H groups in total. The summed E-state index contributed by atoms with van der Waals surface area (Å²) in [7, 11) is -1.16. The van der Waals surface area contributed by atoms with Gasteiger partial charge in [-0.3, -0.25) is 0 Å². The van der Waals surface area contributed by atoms with Crippen LogP contribution in [0.5, 0.6) is 0 Å². The van der Waals surface area contributed by atoms with E-state index in [1.54, 1.807) is 7.05 Å². The van der Waals surface area contributed by atoms with E-state index in [1.807, 2.05) is 23.6 Å². The fourth-order valence-corrected chi connectivity index (χ4v) is 3.37. The summed E-state index contributed by atoms with van der Waals surface area (Å²) in [4.78, 5) is 17.1. The van der Waals surface area contributed by atoms with E-state index in [0.717, 1.165) is 13.1 Å². The second-order valence-corrected chi connectivity index (χ2v) is 7.12. The molecule has 8 nitrogen and oxygen atoms in total. The summed E-state index contributed by atoms with van der Waals surface area (Å²) in [5.74, 6) is 1.94. The molecule has 0 aliphatic carbocycles. The maximum atomic E-state index is 11.5. The first-order valence-corrected chi connectivity index (χ1v) is 8.95. The Hall–Kier alpha value is -1.64. The maximum Gasteiger partial charge on any atom is 0.232 e. The van der Waals surface area contributed by atoms with E-state index in [2.05, 4.69) is 20.3 Å². The van der Waals surface area contributed by atoms with Crippen LogP contribution in [0.3, 0.4) is 0 Å². The van der Waals surface area contributed by atoms with Crippen LogP contribution in [0.25, 0.3) is 0 Å². The van der Waals surface area contributed by atoms with E-state index >= 15 is 0 Å². The minimum Gasteiger partial charge on any atom is -0.357 e. The van der Waals surface area contributed by atoms with Gasteiger partial charge in [0.15, 0.2) is 9.84 Å². The smallest absolute Gasteiger partial charge is 0.232 e. The van der Waals surface area contributed by atoms with Crippen LogP contribution in [0, 0.1) is 0 Å². The van der Waals surface area contributed by atoms with Crippen molar-refractivity contribution in [3.05, 3.63) is 0 Å². The van der Waals surface area contributed by atoms with Gasteiger partial charge >= 0.3 is 0 Å². The van der Waals surface area contributed by atoms with E-state index in [9.17, 15) is 8.42 Å². The second kappa shape index (κ2) is 6.42. The zero-order chi connectivity index (χ0) is 15.5. The molecule has 1 fully saturated rings. The number of nitrogens with zero attached hydrogens (tertiary/aromatic N) is 5. The first kappa shape index (κ1) is 15.7. The molecule has 0 bridgehead atoms. The lowest BCUT2D eigenvalue weighted by Gasteiger charge is -2.28. The molecule has 0 saturated carbocycles. The van der Waals surface area contributed by atoms with E-state index in [-0.39, 0.29) is 11.5 Å². The Morgan fingerprint density at radius 2 is 1.76 bits per heavy atom. The molecule has 0 atom stereocenters. The highest BCUT2D eigenvalue weighted by Crippen LogP contribution is 2.18. The van der Waals surface area contributed by atoms with Gasteiger partial charge < -0.3 is 15.1 Å². The lowest BCUT2D eigenvalue weighted by Crippen LogP contribution is -2.41. The molecule has 0 aromatic carbocycles. The Balaban J connectivity index is 2.29. The summed E-state index contributed by atoms with van der Waals surface area (Å²) in [6.07, 6.45) is 0. The molecule has 1 aromatic rings. The predicted octanol–water partition coefficient (Wildman–Crippen LogP) is -0.00570. The van der Waals surface area contributed by atoms with Gasteiger partial charge in [0.25, 0.3) is 0 Å². The zero-order valence-corrected chi connectivity index (χ0v) is 13.5. The van der Waals surface area contributed by atoms with Crippen LogP contribution in [0.4, 0.5) is 17.8 Å². The average Bonchev–Trinajstić information content (AvgIpc) is 2.48. The molecule has 2 heterocycles. The lowest BCUT2D eigenvalue weighted by atomic mass is 10.5. The average molecular weight is 314 g/mol. The molecule has 0 amide bonds. The van der Waals surface area contributed by atoms with Crippen molar-refractivity contribution in [1.82, 2.24) is 15.0 Å². The number of sulfone groups is 1. The molecular formula is C12H22N6O2S. The van der Waals surface area contributed by atoms with Gasteiger partial charge in [0.2, 0.25) is 17.8 Å². The Kier molecular flexibility index (Phi) is 4.81. The Morgan fingerprint density at radius 3 is 2.29 bits per heavy atom. The highest BCUT2D eigenvalue weighted by atomic mass is 32.2. The van der Waals surface area contributed by atoms with Gasteiger partial charge in [-0.25, -0.2) is 8.42 Å². The highest BCUT2D eigenvalue weighted by molar-refractivity contribution is 7.91. The van der Waals surface area contributed by atoms with Crippen molar-refractivity contribution in [2.45, 2.75) is 13.8 Å². The summed E-state index contributed by atoms with van der Waals surface area (Å²) in [5.41, 5.74) is 0. The normalized spacial score (nSPS) is 17.6. The predicted molar refractivity (Wildman–Crippen MR) is 83.8 cm³/mol. The first-order chi connectivity index (χ1) is 9.99. The molecule has 9 heteroatoms. The van der Waals surface area contributed by atoms with E-state index in [0.29, 0.717) is 30.9 Å². The monoisotopic (exact) mass is 314 g/mol. The van der Waals surface area contributed by atoms with E-state index in [4.69, 9.17) is 0 Å². The van der Waals surface area contributed by atoms with Crippen LogP contribution in [-0.2, 0) is 9.84 Å². The van der Waals surface area contributed by atoms with Gasteiger partial charge in [-0.2, -0.15) is 15.0 Å². The number of anilines is 3. The van der Waals surface area contributed by atoms with Crippen molar-refractivity contribution in [3.63, 3.8) is 0 Å². The van der Waals surface area contributed by atoms with Gasteiger partial charge in [-0.15, -0.1) is 0 Å². The molecule has 1 saturated heterocycles. The Bertz CT molecular complexity index is 573. The molecule has 2 rings (SSSR count). The lowest BCUT2D eigenvalue weighted by molar-refractivity contribution is 0.585. The van der Waals surface area contributed by atoms with Crippen LogP contribution in [-0.4, -0.2) is 68.1 Å². The number of nitrogens with one attached hydrogen (secondary N) is 1. The molecule has 0 unspecified atom stereocenters. The van der Waals surface area contributed by atoms with Gasteiger partial charge in [-0.1, -0.05) is 0 Å². The topological polar surface area (TPSA) is 91.3 Å². The third-order valence-electron chi connectivity index (χ3n) is 3.51. The fourth-order valence-electron chi connectivity index (χ4n) is 2.17. The van der Waals surface area contributed by atoms with Crippen LogP contribution < -0.4 is 15.1 Å². The Morgan fingerprint density at radius 1 is 1.14 bits per heavy atom. The largest absolute Gasteiger partial charge is 0.357 e. The van der Waals surface area contributed by atoms with Crippen LogP contribution in [0.2, 0.25) is 0 Å². The van der Waals surface area contributed by atoms with Gasteiger partial charge in [0, 0.05) is 33.2 Å². The van der Waals surface area contributed by atoms with Crippen LogP contribution in [0.1, 0.15) is 13.8 Å². The Labute approximate surface area is 125 Å². The summed E-state index contributed by atoms with van der Waals surface area (Å²) < 4.78 is 23.0. The van der Waals surface area contributed by atoms with Crippen molar-refractivity contribution in [2.24, 2.45) is 0 Å². The molecule has 1 aliphatic rings. The number of aromatic nitrogens is 3. The number of hydrogen-bond donors (Lipinski definition) is 1. The van der Waals surface area contributed by atoms with E-state index in [1.165, 1.54) is 0 Å². The highest BCUT2D eigenvalue weighted by Gasteiger charge is 2.24. The van der Waals surface area contributed by atoms with E-state index < -0.39 is 9.84 Å². The SMILES string of the molecule is CCN(CC)c1nc(NC)nc(N2CCS(=O)(=O)CC2)n1. The van der Waals surface area contributed by atoms with Crippen molar-refractivity contribution in [1.29, 1.82) is 0 Å². The van der Waals surface area contributed by atoms with Gasteiger partial charge in [-0.05, 0) is 13.8 Å². The standard InChI is InChI=1S/C12H22N6O2S/c1-4-17(5-2)11-14-10(13-3)15-12(16-11)18-6-8-21(19,20)9-7-18/h4-9H2,1-3H3,(H,13,14,15,16).